The first-order valence-electron chi connectivity index (χ1n) is 3.31. The van der Waals surface area contributed by atoms with E-state index in [1.54, 1.807) is 6.92 Å². The van der Waals surface area contributed by atoms with Gasteiger partial charge in [0, 0.05) is 0 Å². The Hall–Kier alpha value is -0.650. The summed E-state index contributed by atoms with van der Waals surface area (Å²) in [6.07, 6.45) is 0.347. The predicted octanol–water partition coefficient (Wildman–Crippen LogP) is 0.568. The number of carbonyl (C=O) groups is 1. The molecule has 0 rings (SSSR count). The maximum atomic E-state index is 10.5. The lowest BCUT2D eigenvalue weighted by atomic mass is 9.88. The third-order valence-corrected chi connectivity index (χ3v) is 1.79. The summed E-state index contributed by atoms with van der Waals surface area (Å²) in [6, 6.07) is 0. The molecule has 0 bridgehead atoms. The van der Waals surface area contributed by atoms with Crippen molar-refractivity contribution < 1.29 is 20.3 Å². The normalized spacial score (nSPS) is 16.5. The second kappa shape index (κ2) is 3.66. The van der Waals surface area contributed by atoms with Crippen LogP contribution in [0, 0.1) is 5.41 Å². The number of hydrogen-bond donors (Lipinski definition) is 3. The second-order valence-electron chi connectivity index (χ2n) is 2.75. The highest BCUT2D eigenvalue weighted by Crippen LogP contribution is 2.21. The number of carboxylic acids is 1. The Bertz CT molecular complexity index is 148. The molecule has 0 heterocycles. The summed E-state index contributed by atoms with van der Waals surface area (Å²) in [5.41, 5.74) is -1.09. The van der Waals surface area contributed by atoms with Gasteiger partial charge in [-0.05, 0) is 13.3 Å². The fraction of sp³-hybridized carbons (Fsp3) is 0.833. The molecule has 0 aliphatic carbocycles. The molecule has 1 unspecified atom stereocenters. The first-order chi connectivity index (χ1) is 4.92. The summed E-state index contributed by atoms with van der Waals surface area (Å²) in [5, 5.41) is 25.3. The number of aliphatic carboxylic acids is 1. The molecule has 3 N–H and O–H groups in total. The van der Waals surface area contributed by atoms with Gasteiger partial charge in [0.05, 0.1) is 12.0 Å². The molecule has 0 fully saturated rings. The molecule has 0 aliphatic rings. The van der Waals surface area contributed by atoms with Gasteiger partial charge in [-0.2, -0.15) is 0 Å². The summed E-state index contributed by atoms with van der Waals surface area (Å²) in [4.78, 5) is 10.5. The van der Waals surface area contributed by atoms with Crippen molar-refractivity contribution in [2.24, 2.45) is 5.41 Å². The van der Waals surface area contributed by atoms with Crippen molar-refractivity contribution in [1.29, 1.82) is 0 Å². The lowest BCUT2D eigenvalue weighted by Gasteiger charge is -2.23. The molecule has 11 heavy (non-hydrogen) atoms. The first kappa shape index (κ1) is 10.3. The van der Waals surface area contributed by atoms with Crippen molar-refractivity contribution in [3.63, 3.8) is 0 Å². The van der Waals surface area contributed by atoms with Crippen LogP contribution in [-0.4, -0.2) is 33.3 Å². The SMILES string of the molecule is CCC(C)(CN(O)O)C(=O)O. The molecular formula is C6H13NO4. The predicted molar refractivity (Wildman–Crippen MR) is 36.3 cm³/mol. The van der Waals surface area contributed by atoms with Gasteiger partial charge in [0.2, 0.25) is 0 Å². The Morgan fingerprint density at radius 2 is 2.00 bits per heavy atom. The number of nitrogens with zero attached hydrogens (tertiary/aromatic N) is 1. The molecule has 1 atom stereocenters. The third-order valence-electron chi connectivity index (χ3n) is 1.79. The number of carboxylic acid groups (broad SMARTS) is 1. The third kappa shape index (κ3) is 2.83. The van der Waals surface area contributed by atoms with Crippen molar-refractivity contribution >= 4 is 5.97 Å². The van der Waals surface area contributed by atoms with Crippen LogP contribution in [0.25, 0.3) is 0 Å². The van der Waals surface area contributed by atoms with Crippen LogP contribution in [-0.2, 0) is 4.79 Å². The van der Waals surface area contributed by atoms with Crippen molar-refractivity contribution in [1.82, 2.24) is 5.23 Å². The van der Waals surface area contributed by atoms with Crippen molar-refractivity contribution in [2.75, 3.05) is 6.54 Å². The fourth-order valence-electron chi connectivity index (χ4n) is 0.643. The summed E-state index contributed by atoms with van der Waals surface area (Å²) < 4.78 is 0. The second-order valence-corrected chi connectivity index (χ2v) is 2.75. The molecule has 5 nitrogen and oxygen atoms in total. The average Bonchev–Trinajstić information content (AvgIpc) is 1.86. The Balaban J connectivity index is 4.22. The van der Waals surface area contributed by atoms with Gasteiger partial charge in [-0.3, -0.25) is 15.2 Å². The van der Waals surface area contributed by atoms with Gasteiger partial charge in [-0.1, -0.05) is 12.2 Å². The zero-order valence-electron chi connectivity index (χ0n) is 6.61. The molecule has 0 aromatic rings. The van der Waals surface area contributed by atoms with E-state index in [9.17, 15) is 4.79 Å². The first-order valence-corrected chi connectivity index (χ1v) is 3.31. The summed E-state index contributed by atoms with van der Waals surface area (Å²) in [6.45, 7) is 2.84. The fourth-order valence-corrected chi connectivity index (χ4v) is 0.643. The van der Waals surface area contributed by atoms with E-state index in [4.69, 9.17) is 15.5 Å². The number of rotatable bonds is 4. The number of hydrogen-bond acceptors (Lipinski definition) is 4. The Kier molecular flexibility index (Phi) is 3.44. The highest BCUT2D eigenvalue weighted by atomic mass is 16.8. The van der Waals surface area contributed by atoms with Crippen molar-refractivity contribution in [2.45, 2.75) is 20.3 Å². The van der Waals surface area contributed by atoms with Crippen molar-refractivity contribution in [3.05, 3.63) is 0 Å². The van der Waals surface area contributed by atoms with E-state index >= 15 is 0 Å². The quantitative estimate of drug-likeness (QED) is 0.528. The summed E-state index contributed by atoms with van der Waals surface area (Å²) >= 11 is 0. The largest absolute Gasteiger partial charge is 0.481 e. The van der Waals surface area contributed by atoms with E-state index in [2.05, 4.69) is 0 Å². The van der Waals surface area contributed by atoms with Crippen LogP contribution in [0.4, 0.5) is 0 Å². The summed E-state index contributed by atoms with van der Waals surface area (Å²) in [7, 11) is 0. The molecule has 0 aromatic carbocycles. The van der Waals surface area contributed by atoms with Crippen LogP contribution in [0.2, 0.25) is 0 Å². The molecule has 0 amide bonds. The Labute approximate surface area is 64.8 Å². The lowest BCUT2D eigenvalue weighted by Crippen LogP contribution is -2.38. The average molecular weight is 163 g/mol. The number of hydroxylamine groups is 2. The van der Waals surface area contributed by atoms with Crippen LogP contribution in [0.15, 0.2) is 0 Å². The molecule has 0 radical (unpaired) electrons. The maximum Gasteiger partial charge on any atom is 0.310 e. The molecule has 0 saturated heterocycles. The minimum absolute atomic E-state index is 0.0996. The molecular weight excluding hydrogens is 150 g/mol. The van der Waals surface area contributed by atoms with Crippen LogP contribution >= 0.6 is 0 Å². The van der Waals surface area contributed by atoms with Gasteiger partial charge in [0.15, 0.2) is 0 Å². The minimum atomic E-state index is -1.09. The standard InChI is InChI=1S/C6H13NO4/c1-3-6(2,5(8)9)4-7(10)11/h10-11H,3-4H2,1-2H3,(H,8,9). The van der Waals surface area contributed by atoms with Gasteiger partial charge >= 0.3 is 5.97 Å². The van der Waals surface area contributed by atoms with Gasteiger partial charge in [-0.25, -0.2) is 0 Å². The van der Waals surface area contributed by atoms with Gasteiger partial charge in [-0.15, -0.1) is 0 Å². The van der Waals surface area contributed by atoms with E-state index in [1.807, 2.05) is 0 Å². The highest BCUT2D eigenvalue weighted by molar-refractivity contribution is 5.74. The van der Waals surface area contributed by atoms with Crippen LogP contribution < -0.4 is 0 Å². The van der Waals surface area contributed by atoms with Gasteiger partial charge < -0.3 is 5.11 Å². The zero-order chi connectivity index (χ0) is 9.07. The minimum Gasteiger partial charge on any atom is -0.481 e. The van der Waals surface area contributed by atoms with Crippen LogP contribution in [0.5, 0.6) is 0 Å². The molecule has 0 aliphatic heterocycles. The molecule has 66 valence electrons. The molecule has 0 spiro atoms. The highest BCUT2D eigenvalue weighted by Gasteiger charge is 2.32. The zero-order valence-corrected chi connectivity index (χ0v) is 6.61. The van der Waals surface area contributed by atoms with Gasteiger partial charge in [0.1, 0.15) is 0 Å². The monoisotopic (exact) mass is 163 g/mol. The van der Waals surface area contributed by atoms with Crippen LogP contribution in [0.3, 0.4) is 0 Å². The van der Waals surface area contributed by atoms with E-state index in [0.29, 0.717) is 6.42 Å². The molecule has 0 aromatic heterocycles. The topological polar surface area (TPSA) is 81.0 Å². The lowest BCUT2D eigenvalue weighted by molar-refractivity contribution is -0.317. The van der Waals surface area contributed by atoms with Gasteiger partial charge in [0.25, 0.3) is 0 Å². The van der Waals surface area contributed by atoms with E-state index in [0.717, 1.165) is 0 Å². The molecule has 5 heteroatoms. The van der Waals surface area contributed by atoms with Crippen molar-refractivity contribution in [3.8, 4) is 0 Å². The Morgan fingerprint density at radius 1 is 1.55 bits per heavy atom. The smallest absolute Gasteiger partial charge is 0.310 e. The van der Waals surface area contributed by atoms with E-state index in [1.165, 1.54) is 6.92 Å². The van der Waals surface area contributed by atoms with E-state index < -0.39 is 11.4 Å². The van der Waals surface area contributed by atoms with Crippen LogP contribution in [0.1, 0.15) is 20.3 Å². The molecule has 0 saturated carbocycles. The Morgan fingerprint density at radius 3 is 2.09 bits per heavy atom. The maximum absolute atomic E-state index is 10.5. The van der Waals surface area contributed by atoms with E-state index in [-0.39, 0.29) is 11.8 Å². The summed E-state index contributed by atoms with van der Waals surface area (Å²) in [5.74, 6) is -1.03.